The number of hydrazone groups is 1. The Morgan fingerprint density at radius 1 is 1.12 bits per heavy atom. The van der Waals surface area contributed by atoms with Gasteiger partial charge in [-0.05, 0) is 48.9 Å². The molecule has 42 heavy (non-hydrogen) atoms. The number of amidine groups is 2. The number of nitrogens with two attached hydrogens (primary N) is 2. The van der Waals surface area contributed by atoms with E-state index in [1.807, 2.05) is 6.92 Å². The first-order chi connectivity index (χ1) is 20.2. The lowest BCUT2D eigenvalue weighted by Crippen LogP contribution is -2.30. The highest BCUT2D eigenvalue weighted by Crippen LogP contribution is 2.33. The molecule has 0 amide bonds. The van der Waals surface area contributed by atoms with Gasteiger partial charge in [-0.1, -0.05) is 11.7 Å². The number of hydrogen-bond acceptors (Lipinski definition) is 11. The lowest BCUT2D eigenvalue weighted by atomic mass is 10.0. The smallest absolute Gasteiger partial charge is 0.302 e. The Balaban J connectivity index is 1.93. The largest absolute Gasteiger partial charge is 0.497 e. The van der Waals surface area contributed by atoms with Crippen molar-refractivity contribution in [2.24, 2.45) is 21.7 Å². The monoisotopic (exact) mass is 580 g/mol. The summed E-state index contributed by atoms with van der Waals surface area (Å²) in [5.41, 5.74) is 17.1. The van der Waals surface area contributed by atoms with E-state index < -0.39 is 17.8 Å². The fourth-order valence-electron chi connectivity index (χ4n) is 3.38. The average Bonchev–Trinajstić information content (AvgIpc) is 2.98. The molecule has 222 valence electrons. The van der Waals surface area contributed by atoms with Crippen LogP contribution in [-0.4, -0.2) is 54.5 Å². The van der Waals surface area contributed by atoms with Crippen LogP contribution >= 0.6 is 0 Å². The summed E-state index contributed by atoms with van der Waals surface area (Å²) in [4.78, 5) is 24.3. The van der Waals surface area contributed by atoms with E-state index in [0.29, 0.717) is 17.0 Å². The zero-order valence-electron chi connectivity index (χ0n) is 23.5. The number of aromatic nitrogens is 2. The third kappa shape index (κ3) is 9.36. The molecule has 0 unspecified atom stereocenters. The molecule has 1 heterocycles. The van der Waals surface area contributed by atoms with Gasteiger partial charge in [0.25, 0.3) is 0 Å². The molecule has 0 bridgehead atoms. The minimum atomic E-state index is -1.03. The van der Waals surface area contributed by atoms with E-state index in [1.165, 1.54) is 38.6 Å². The van der Waals surface area contributed by atoms with Crippen molar-refractivity contribution < 1.29 is 28.2 Å². The molecule has 0 radical (unpaired) electrons. The van der Waals surface area contributed by atoms with E-state index in [4.69, 9.17) is 30.5 Å². The number of oxime groups is 1. The van der Waals surface area contributed by atoms with Gasteiger partial charge in [0, 0.05) is 42.2 Å². The van der Waals surface area contributed by atoms with Gasteiger partial charge in [-0.25, -0.2) is 19.8 Å². The maximum absolute atomic E-state index is 15.9. The molecule has 1 atom stereocenters. The highest BCUT2D eigenvalue weighted by Gasteiger charge is 2.25. The summed E-state index contributed by atoms with van der Waals surface area (Å²) in [7, 11) is 1.43. The second-order valence-corrected chi connectivity index (χ2v) is 8.80. The topological polar surface area (TPSA) is 181 Å². The van der Waals surface area contributed by atoms with Crippen LogP contribution in [0.4, 0.5) is 16.0 Å². The minimum absolute atomic E-state index is 0.0567. The van der Waals surface area contributed by atoms with Crippen LogP contribution in [0.15, 0.2) is 77.3 Å². The Morgan fingerprint density at radius 3 is 2.48 bits per heavy atom. The Labute approximate surface area is 242 Å². The van der Waals surface area contributed by atoms with Crippen LogP contribution in [0.2, 0.25) is 0 Å². The van der Waals surface area contributed by atoms with Crippen molar-refractivity contribution >= 4 is 29.3 Å². The molecule has 0 aliphatic carbocycles. The van der Waals surface area contributed by atoms with Gasteiger partial charge in [-0.15, -0.1) is 0 Å². The summed E-state index contributed by atoms with van der Waals surface area (Å²) in [6.45, 7) is 6.91. The highest BCUT2D eigenvalue weighted by atomic mass is 19.1. The van der Waals surface area contributed by atoms with Gasteiger partial charge >= 0.3 is 5.97 Å². The molecular formula is C28H33FN8O5. The fraction of sp³-hybridized carbons (Fsp3) is 0.250. The quantitative estimate of drug-likeness (QED) is 0.0517. The van der Waals surface area contributed by atoms with Crippen molar-refractivity contribution in [2.75, 3.05) is 37.7 Å². The van der Waals surface area contributed by atoms with Crippen molar-refractivity contribution in [1.29, 1.82) is 0 Å². The first-order valence-corrected chi connectivity index (χ1v) is 12.6. The number of halogens is 1. The normalized spacial score (nSPS) is 12.2. The molecule has 0 saturated carbocycles. The van der Waals surface area contributed by atoms with Crippen LogP contribution in [0.5, 0.6) is 11.5 Å². The molecule has 6 N–H and O–H groups in total. The third-order valence-electron chi connectivity index (χ3n) is 5.35. The number of rotatable bonds is 15. The maximum atomic E-state index is 15.9. The summed E-state index contributed by atoms with van der Waals surface area (Å²) in [6, 6.07) is 10.3. The first kappa shape index (κ1) is 31.1. The van der Waals surface area contributed by atoms with Gasteiger partial charge in [0.05, 0.1) is 7.11 Å². The number of methoxy groups -OCH3 is 1. The second kappa shape index (κ2) is 15.4. The molecule has 2 aromatic carbocycles. The molecule has 3 rings (SSSR count). The van der Waals surface area contributed by atoms with Crippen LogP contribution in [0.1, 0.15) is 31.0 Å². The molecule has 0 aliphatic rings. The maximum Gasteiger partial charge on any atom is 0.302 e. The van der Waals surface area contributed by atoms with Gasteiger partial charge in [0.15, 0.2) is 17.4 Å². The van der Waals surface area contributed by atoms with E-state index in [9.17, 15) is 4.79 Å². The number of anilines is 2. The molecule has 0 fully saturated rings. The van der Waals surface area contributed by atoms with Crippen LogP contribution in [0.25, 0.3) is 0 Å². The van der Waals surface area contributed by atoms with Crippen LogP contribution in [-0.2, 0) is 14.4 Å². The molecule has 14 heteroatoms. The van der Waals surface area contributed by atoms with Crippen molar-refractivity contribution in [1.82, 2.24) is 9.97 Å². The summed E-state index contributed by atoms with van der Waals surface area (Å²) in [6.07, 6.45) is 3.05. The molecule has 0 aliphatic heterocycles. The molecule has 1 aromatic heterocycles. The molecule has 13 nitrogen and oxygen atoms in total. The average molecular weight is 581 g/mol. The highest BCUT2D eigenvalue weighted by molar-refractivity contribution is 5.97. The van der Waals surface area contributed by atoms with Crippen molar-refractivity contribution in [3.8, 4) is 11.5 Å². The Kier molecular flexibility index (Phi) is 11.4. The number of carbonyl (C=O) groups is 1. The Morgan fingerprint density at radius 2 is 1.83 bits per heavy atom. The van der Waals surface area contributed by atoms with Crippen molar-refractivity contribution in [3.63, 3.8) is 0 Å². The SMILES string of the molecule is C=C(C)CON=C(N)c1ccc(N[C@@H](/C(N)=N/Nc2ncccn2)c2cc(OC)cc(OCCOC(C)=O)c2F)cc1. The Hall–Kier alpha value is -5.40. The predicted octanol–water partition coefficient (Wildman–Crippen LogP) is 3.32. The summed E-state index contributed by atoms with van der Waals surface area (Å²) in [5.74, 6) is -0.750. The third-order valence-corrected chi connectivity index (χ3v) is 5.35. The van der Waals surface area contributed by atoms with Gasteiger partial charge in [0.2, 0.25) is 5.95 Å². The summed E-state index contributed by atoms with van der Waals surface area (Å²) >= 11 is 0. The zero-order chi connectivity index (χ0) is 30.5. The van der Waals surface area contributed by atoms with Crippen molar-refractivity contribution in [2.45, 2.75) is 19.9 Å². The number of nitrogens with one attached hydrogen (secondary N) is 2. The van der Waals surface area contributed by atoms with Crippen LogP contribution < -0.4 is 31.7 Å². The van der Waals surface area contributed by atoms with E-state index in [2.05, 4.69) is 37.5 Å². The Bertz CT molecular complexity index is 1420. The fourth-order valence-corrected chi connectivity index (χ4v) is 3.38. The summed E-state index contributed by atoms with van der Waals surface area (Å²) < 4.78 is 31.7. The minimum Gasteiger partial charge on any atom is -0.497 e. The van der Waals surface area contributed by atoms with E-state index in [-0.39, 0.29) is 48.8 Å². The number of carbonyl (C=O) groups excluding carboxylic acids is 1. The predicted molar refractivity (Wildman–Crippen MR) is 157 cm³/mol. The van der Waals surface area contributed by atoms with Gasteiger partial charge in [-0.2, -0.15) is 5.10 Å². The van der Waals surface area contributed by atoms with Crippen LogP contribution in [0, 0.1) is 5.82 Å². The van der Waals surface area contributed by atoms with Gasteiger partial charge < -0.3 is 35.8 Å². The molecule has 0 saturated heterocycles. The number of esters is 1. The van der Waals surface area contributed by atoms with Gasteiger partial charge in [0.1, 0.15) is 37.4 Å². The summed E-state index contributed by atoms with van der Waals surface area (Å²) in [5, 5.41) is 11.2. The standard InChI is InChI=1S/C28H33FN8O5/c1-17(2)16-42-37-26(30)19-6-8-20(9-7-19)34-25(27(31)35-36-28-32-10-5-11-33-28)22-14-21(39-4)15-23(24(22)29)41-13-12-40-18(3)38/h5-11,14-15,25,34H,1,12-13,16H2,2-4H3,(H2,30,37)(H2,31,35)(H,32,33,36)/t25-/m1/s1. The van der Waals surface area contributed by atoms with E-state index in [1.54, 1.807) is 30.3 Å². The van der Waals surface area contributed by atoms with Crippen molar-refractivity contribution in [3.05, 3.63) is 84.0 Å². The second-order valence-electron chi connectivity index (χ2n) is 8.80. The number of nitrogens with zero attached hydrogens (tertiary/aromatic N) is 4. The first-order valence-electron chi connectivity index (χ1n) is 12.6. The number of ether oxygens (including phenoxy) is 3. The van der Waals surface area contributed by atoms with E-state index in [0.717, 1.165) is 5.57 Å². The number of benzene rings is 2. The molecular weight excluding hydrogens is 547 g/mol. The lowest BCUT2D eigenvalue weighted by molar-refractivity contribution is -0.141. The van der Waals surface area contributed by atoms with E-state index >= 15 is 4.39 Å². The molecule has 3 aromatic rings. The number of hydrogen-bond donors (Lipinski definition) is 4. The zero-order valence-corrected chi connectivity index (χ0v) is 23.5. The van der Waals surface area contributed by atoms with Crippen LogP contribution in [0.3, 0.4) is 0 Å². The van der Waals surface area contributed by atoms with Gasteiger partial charge in [-0.3, -0.25) is 4.79 Å². The molecule has 0 spiro atoms. The lowest BCUT2D eigenvalue weighted by Gasteiger charge is -2.22.